The molecule has 0 spiro atoms. The molecule has 1 N–H and O–H groups in total. The number of halogens is 1. The van der Waals surface area contributed by atoms with Crippen LogP contribution in [0.25, 0.3) is 0 Å². The SMILES string of the molecule is CCC(Oc1cc(Cl)cc(OS(=O)(=O)c2ccccc2)c1)C(=O)O. The van der Waals surface area contributed by atoms with Crippen molar-refractivity contribution in [1.29, 1.82) is 0 Å². The second kappa shape index (κ2) is 7.55. The summed E-state index contributed by atoms with van der Waals surface area (Å²) in [6.07, 6.45) is -0.831. The van der Waals surface area contributed by atoms with Gasteiger partial charge in [0.15, 0.2) is 6.10 Å². The maximum atomic E-state index is 12.2. The first kappa shape index (κ1) is 18.1. The van der Waals surface area contributed by atoms with Crippen LogP contribution >= 0.6 is 11.6 Å². The van der Waals surface area contributed by atoms with Gasteiger partial charge in [-0.25, -0.2) is 4.79 Å². The predicted molar refractivity (Wildman–Crippen MR) is 88.1 cm³/mol. The average Bonchev–Trinajstić information content (AvgIpc) is 2.52. The second-order valence-corrected chi connectivity index (χ2v) is 6.81. The highest BCUT2D eigenvalue weighted by atomic mass is 35.5. The van der Waals surface area contributed by atoms with E-state index in [2.05, 4.69) is 0 Å². The summed E-state index contributed by atoms with van der Waals surface area (Å²) in [7, 11) is -4.03. The normalized spacial score (nSPS) is 12.4. The molecular formula is C16H15ClO6S. The standard InChI is InChI=1S/C16H15ClO6S/c1-2-15(16(18)19)22-12-8-11(17)9-13(10-12)23-24(20,21)14-6-4-3-5-7-14/h3-10,15H,2H2,1H3,(H,18,19). The van der Waals surface area contributed by atoms with Crippen LogP contribution in [0.5, 0.6) is 11.5 Å². The van der Waals surface area contributed by atoms with Crippen LogP contribution in [-0.4, -0.2) is 25.6 Å². The van der Waals surface area contributed by atoms with E-state index in [1.54, 1.807) is 25.1 Å². The predicted octanol–water partition coefficient (Wildman–Crippen LogP) is 3.35. The monoisotopic (exact) mass is 370 g/mol. The fourth-order valence-electron chi connectivity index (χ4n) is 1.89. The van der Waals surface area contributed by atoms with E-state index in [-0.39, 0.29) is 27.8 Å². The molecule has 0 amide bonds. The zero-order valence-electron chi connectivity index (χ0n) is 12.7. The number of ether oxygens (including phenoxy) is 1. The largest absolute Gasteiger partial charge is 0.479 e. The molecule has 0 aromatic heterocycles. The van der Waals surface area contributed by atoms with Crippen molar-refractivity contribution >= 4 is 27.7 Å². The minimum Gasteiger partial charge on any atom is -0.479 e. The average molecular weight is 371 g/mol. The van der Waals surface area contributed by atoms with Crippen LogP contribution in [0.4, 0.5) is 0 Å². The van der Waals surface area contributed by atoms with E-state index in [1.807, 2.05) is 0 Å². The highest BCUT2D eigenvalue weighted by Gasteiger charge is 2.20. The summed E-state index contributed by atoms with van der Waals surface area (Å²) in [4.78, 5) is 11.0. The molecule has 0 fully saturated rings. The molecule has 2 rings (SSSR count). The van der Waals surface area contributed by atoms with Gasteiger partial charge in [-0.3, -0.25) is 0 Å². The van der Waals surface area contributed by atoms with Crippen molar-refractivity contribution in [2.75, 3.05) is 0 Å². The molecule has 0 aliphatic carbocycles. The second-order valence-electron chi connectivity index (χ2n) is 4.83. The van der Waals surface area contributed by atoms with E-state index in [4.69, 9.17) is 25.6 Å². The topological polar surface area (TPSA) is 89.9 Å². The maximum absolute atomic E-state index is 12.2. The van der Waals surface area contributed by atoms with Gasteiger partial charge in [-0.15, -0.1) is 0 Å². The molecule has 0 aliphatic rings. The number of rotatable bonds is 7. The van der Waals surface area contributed by atoms with E-state index >= 15 is 0 Å². The molecule has 0 saturated heterocycles. The van der Waals surface area contributed by atoms with Gasteiger partial charge in [0.1, 0.15) is 16.4 Å². The van der Waals surface area contributed by atoms with Gasteiger partial charge in [0.25, 0.3) is 0 Å². The smallest absolute Gasteiger partial charge is 0.344 e. The Kier molecular flexibility index (Phi) is 5.69. The Morgan fingerprint density at radius 2 is 1.79 bits per heavy atom. The van der Waals surface area contributed by atoms with Crippen molar-refractivity contribution < 1.29 is 27.2 Å². The third kappa shape index (κ3) is 4.62. The van der Waals surface area contributed by atoms with E-state index in [9.17, 15) is 13.2 Å². The van der Waals surface area contributed by atoms with Gasteiger partial charge in [-0.2, -0.15) is 8.42 Å². The summed E-state index contributed by atoms with van der Waals surface area (Å²) < 4.78 is 34.8. The van der Waals surface area contributed by atoms with Crippen LogP contribution in [0, 0.1) is 0 Å². The van der Waals surface area contributed by atoms with Crippen LogP contribution in [0.2, 0.25) is 5.02 Å². The molecule has 24 heavy (non-hydrogen) atoms. The molecule has 0 bridgehead atoms. The number of hydrogen-bond donors (Lipinski definition) is 1. The van der Waals surface area contributed by atoms with Crippen LogP contribution in [0.15, 0.2) is 53.4 Å². The summed E-state index contributed by atoms with van der Waals surface area (Å²) in [5.74, 6) is -1.09. The van der Waals surface area contributed by atoms with Crippen LogP contribution in [0.3, 0.4) is 0 Å². The van der Waals surface area contributed by atoms with Gasteiger partial charge >= 0.3 is 16.1 Å². The first-order valence-corrected chi connectivity index (χ1v) is 8.80. The summed E-state index contributed by atoms with van der Waals surface area (Å²) in [5, 5.41) is 9.18. The van der Waals surface area contributed by atoms with Gasteiger partial charge in [0.2, 0.25) is 0 Å². The van der Waals surface area contributed by atoms with Crippen LogP contribution in [-0.2, 0) is 14.9 Å². The van der Waals surface area contributed by atoms with Gasteiger partial charge in [-0.1, -0.05) is 36.7 Å². The van der Waals surface area contributed by atoms with Crippen molar-refractivity contribution in [2.45, 2.75) is 24.3 Å². The van der Waals surface area contributed by atoms with Gasteiger partial charge in [0.05, 0.1) is 0 Å². The first-order valence-electron chi connectivity index (χ1n) is 7.01. The Morgan fingerprint density at radius 3 is 2.38 bits per heavy atom. The van der Waals surface area contributed by atoms with Crippen molar-refractivity contribution in [1.82, 2.24) is 0 Å². The molecule has 8 heteroatoms. The Balaban J connectivity index is 2.27. The third-order valence-corrected chi connectivity index (χ3v) is 4.49. The molecule has 0 radical (unpaired) electrons. The zero-order valence-corrected chi connectivity index (χ0v) is 14.3. The Bertz CT molecular complexity index is 820. The fraction of sp³-hybridized carbons (Fsp3) is 0.188. The van der Waals surface area contributed by atoms with Gasteiger partial charge in [0, 0.05) is 17.2 Å². The highest BCUT2D eigenvalue weighted by molar-refractivity contribution is 7.87. The van der Waals surface area contributed by atoms with Crippen molar-refractivity contribution in [2.24, 2.45) is 0 Å². The van der Waals surface area contributed by atoms with E-state index < -0.39 is 22.2 Å². The number of aliphatic carboxylic acids is 1. The van der Waals surface area contributed by atoms with Crippen molar-refractivity contribution in [3.8, 4) is 11.5 Å². The lowest BCUT2D eigenvalue weighted by Crippen LogP contribution is -2.25. The quantitative estimate of drug-likeness (QED) is 0.752. The van der Waals surface area contributed by atoms with Gasteiger partial charge < -0.3 is 14.0 Å². The summed E-state index contributed by atoms with van der Waals surface area (Å²) >= 11 is 5.93. The molecule has 128 valence electrons. The lowest BCUT2D eigenvalue weighted by molar-refractivity contribution is -0.145. The summed E-state index contributed by atoms with van der Waals surface area (Å²) in [5.41, 5.74) is 0. The molecule has 2 aromatic rings. The Morgan fingerprint density at radius 1 is 1.17 bits per heavy atom. The molecular weight excluding hydrogens is 356 g/mol. The number of carboxylic acid groups (broad SMARTS) is 1. The summed E-state index contributed by atoms with van der Waals surface area (Å²) in [6.45, 7) is 1.65. The van der Waals surface area contributed by atoms with E-state index in [1.165, 1.54) is 30.3 Å². The highest BCUT2D eigenvalue weighted by Crippen LogP contribution is 2.29. The minimum atomic E-state index is -4.03. The van der Waals surface area contributed by atoms with Crippen molar-refractivity contribution in [3.05, 3.63) is 53.6 Å². The van der Waals surface area contributed by atoms with E-state index in [0.29, 0.717) is 0 Å². The Hall–Kier alpha value is -2.25. The zero-order chi connectivity index (χ0) is 17.7. The van der Waals surface area contributed by atoms with Crippen LogP contribution < -0.4 is 8.92 Å². The number of carboxylic acids is 1. The lowest BCUT2D eigenvalue weighted by atomic mass is 10.2. The summed E-state index contributed by atoms with van der Waals surface area (Å²) in [6, 6.07) is 11.6. The molecule has 1 unspecified atom stereocenters. The third-order valence-electron chi connectivity index (χ3n) is 3.01. The molecule has 0 heterocycles. The van der Waals surface area contributed by atoms with Gasteiger partial charge in [-0.05, 0) is 24.6 Å². The van der Waals surface area contributed by atoms with Crippen molar-refractivity contribution in [3.63, 3.8) is 0 Å². The molecule has 2 aromatic carbocycles. The first-order chi connectivity index (χ1) is 11.3. The fourth-order valence-corrected chi connectivity index (χ4v) is 3.04. The van der Waals surface area contributed by atoms with Crippen LogP contribution in [0.1, 0.15) is 13.3 Å². The number of carbonyl (C=O) groups is 1. The maximum Gasteiger partial charge on any atom is 0.344 e. The molecule has 0 aliphatic heterocycles. The molecule has 6 nitrogen and oxygen atoms in total. The Labute approximate surface area is 144 Å². The lowest BCUT2D eigenvalue weighted by Gasteiger charge is -2.14. The van der Waals surface area contributed by atoms with E-state index in [0.717, 1.165) is 0 Å². The molecule has 0 saturated carbocycles. The molecule has 1 atom stereocenters. The number of benzene rings is 2. The minimum absolute atomic E-state index is 0.00980. The number of hydrogen-bond acceptors (Lipinski definition) is 5.